The molecule has 0 atom stereocenters. The number of halogens is 15. The normalized spacial score (nSPS) is 12.9. The molecule has 44 heteroatoms. The van der Waals surface area contributed by atoms with Gasteiger partial charge in [-0.3, -0.25) is 9.59 Å². The molecule has 0 aromatic heterocycles. The van der Waals surface area contributed by atoms with Gasteiger partial charge in [-0.15, -0.1) is 0 Å². The Labute approximate surface area is 674 Å². The maximum Gasteiger partial charge on any atom is 0.480 e. The van der Waals surface area contributed by atoms with Crippen LogP contribution >= 0.6 is 0 Å². The molecule has 0 aliphatic rings. The number of rotatable bonds is 32. The van der Waals surface area contributed by atoms with Crippen molar-refractivity contribution in [2.24, 2.45) is 10.8 Å². The first kappa shape index (κ1) is 99.1. The summed E-state index contributed by atoms with van der Waals surface area (Å²) in [6, 6.07) is 66.8. The number of aryl methyl sites for hydroxylation is 1. The van der Waals surface area contributed by atoms with Gasteiger partial charge in [-0.2, -0.15) is 82.7 Å². The minimum Gasteiger partial charge on any atom is -0.743 e. The van der Waals surface area contributed by atoms with Crippen LogP contribution in [0.15, 0.2) is 254 Å². The van der Waals surface area contributed by atoms with E-state index in [-0.39, 0.29) is 34.0 Å². The van der Waals surface area contributed by atoms with Crippen molar-refractivity contribution in [1.29, 1.82) is 0 Å². The van der Waals surface area contributed by atoms with Crippen molar-refractivity contribution in [3.05, 3.63) is 245 Å². The molecule has 0 spiro atoms. The van der Waals surface area contributed by atoms with Crippen molar-refractivity contribution < 1.29 is 159 Å². The van der Waals surface area contributed by atoms with Crippen LogP contribution in [0.2, 0.25) is 0 Å². The number of esters is 4. The Morgan fingerprint density at radius 1 is 0.347 bits per heavy atom. The molecule has 0 heterocycles. The monoisotopic (exact) mass is 1820 g/mol. The predicted octanol–water partition coefficient (Wildman–Crippen LogP) is 16.7. The van der Waals surface area contributed by atoms with Gasteiger partial charge in [-0.05, 0) is 169 Å². The van der Waals surface area contributed by atoms with E-state index in [0.29, 0.717) is 65.5 Å². The number of ether oxygens (including phenoxy) is 4. The molecule has 8 aromatic carbocycles. The smallest absolute Gasteiger partial charge is 0.480 e. The summed E-state index contributed by atoms with van der Waals surface area (Å²) in [6.45, 7) is 10.4. The van der Waals surface area contributed by atoms with Gasteiger partial charge in [-0.25, -0.2) is 34.8 Å². The van der Waals surface area contributed by atoms with Gasteiger partial charge in [0.2, 0.25) is 0 Å². The molecule has 0 bridgehead atoms. The van der Waals surface area contributed by atoms with Gasteiger partial charge >= 0.3 is 82.5 Å². The van der Waals surface area contributed by atoms with Crippen molar-refractivity contribution in [3.63, 3.8) is 0 Å². The number of nitrogens with zero attached hydrogens (tertiary/aromatic N) is 1. The van der Waals surface area contributed by atoms with E-state index in [1.54, 1.807) is 41.5 Å². The highest BCUT2D eigenvalue weighted by atomic mass is 32.3. The quantitative estimate of drug-likeness (QED) is 0.00719. The van der Waals surface area contributed by atoms with Crippen LogP contribution in [-0.2, 0) is 101 Å². The molecule has 0 N–H and O–H groups in total. The van der Waals surface area contributed by atoms with E-state index in [0.717, 1.165) is 0 Å². The highest BCUT2D eigenvalue weighted by Crippen LogP contribution is 2.54. The van der Waals surface area contributed by atoms with Gasteiger partial charge < -0.3 is 36.0 Å². The molecule has 8 aromatic rings. The first-order valence-electron chi connectivity index (χ1n) is 33.4. The lowest BCUT2D eigenvalue weighted by Crippen LogP contribution is -2.61. The van der Waals surface area contributed by atoms with Crippen molar-refractivity contribution >= 4 is 96.1 Å². The Hall–Kier alpha value is -9.44. The van der Waals surface area contributed by atoms with E-state index in [4.69, 9.17) is 18.9 Å². The zero-order chi connectivity index (χ0) is 89.2. The molecule has 0 radical (unpaired) electrons. The molecule has 0 aliphatic heterocycles. The number of benzene rings is 8. The van der Waals surface area contributed by atoms with Gasteiger partial charge in [0.25, 0.3) is 0 Å². The summed E-state index contributed by atoms with van der Waals surface area (Å²) in [5.74, 6) is -20.9. The lowest BCUT2D eigenvalue weighted by molar-refractivity contribution is -0.247. The molecule has 0 saturated carbocycles. The maximum atomic E-state index is 14.2. The third kappa shape index (κ3) is 24.2. The topological polar surface area (TPSA) is 332 Å². The molecule has 644 valence electrons. The fraction of sp³-hybridized carbons (Fsp3) is 0.297. The molecule has 0 amide bonds. The Bertz CT molecular complexity index is 5160. The molecular weight excluding hydrogens is 1750 g/mol. The number of alkyl halides is 15. The van der Waals surface area contributed by atoms with Gasteiger partial charge in [0.1, 0.15) is 37.9 Å². The highest BCUT2D eigenvalue weighted by Gasteiger charge is 2.83. The van der Waals surface area contributed by atoms with E-state index >= 15 is 0 Å². The van der Waals surface area contributed by atoms with Crippen LogP contribution in [0.5, 0.6) is 11.5 Å². The van der Waals surface area contributed by atoms with E-state index in [1.807, 2.05) is 0 Å². The first-order valence-corrected chi connectivity index (χ1v) is 43.0. The van der Waals surface area contributed by atoms with Crippen LogP contribution in [0, 0.1) is 17.8 Å². The van der Waals surface area contributed by atoms with Crippen LogP contribution in [0.25, 0.3) is 4.13 Å². The van der Waals surface area contributed by atoms with Crippen LogP contribution in [0.1, 0.15) is 80.7 Å². The number of carbonyl (C=O) groups excluding carboxylic acids is 4. The first-order chi connectivity index (χ1) is 54.3. The van der Waals surface area contributed by atoms with Crippen molar-refractivity contribution in [3.8, 4) is 11.5 Å². The summed E-state index contributed by atoms with van der Waals surface area (Å²) >= 11 is 0. The van der Waals surface area contributed by atoms with E-state index in [9.17, 15) is 132 Å². The average Bonchev–Trinajstić information content (AvgIpc) is 0.720. The zero-order valence-corrected chi connectivity index (χ0v) is 67.9. The van der Waals surface area contributed by atoms with Crippen LogP contribution in [0.3, 0.4) is 0 Å². The third-order valence-electron chi connectivity index (χ3n) is 15.9. The number of sulfonamides is 2. The van der Waals surface area contributed by atoms with Crippen molar-refractivity contribution in [2.75, 3.05) is 26.4 Å². The summed E-state index contributed by atoms with van der Waals surface area (Å²) in [5.41, 5.74) is -7.89. The van der Waals surface area contributed by atoms with E-state index in [2.05, 4.69) is 191 Å². The van der Waals surface area contributed by atoms with Crippen LogP contribution in [-0.4, -0.2) is 135 Å². The largest absolute Gasteiger partial charge is 0.743 e. The maximum absolute atomic E-state index is 14.2. The molecule has 0 aliphatic carbocycles. The minimum absolute atomic E-state index is 0.0146. The van der Waals surface area contributed by atoms with Gasteiger partial charge in [0.15, 0.2) is 59.5 Å². The molecule has 118 heavy (non-hydrogen) atoms. The second-order valence-corrected chi connectivity index (χ2v) is 37.4. The molecular formula is C74H70F15NO21S7. The molecule has 0 fully saturated rings. The lowest BCUT2D eigenvalue weighted by Gasteiger charge is -2.35. The minimum atomic E-state index is -8.06. The van der Waals surface area contributed by atoms with E-state index < -0.39 is 160 Å². The third-order valence-corrected chi connectivity index (χ3v) is 26.9. The summed E-state index contributed by atoms with van der Waals surface area (Å²) < 4.78 is 350. The predicted molar refractivity (Wildman–Crippen MR) is 397 cm³/mol. The lowest BCUT2D eigenvalue weighted by atomic mass is 9.91. The molecule has 22 nitrogen and oxygen atoms in total. The summed E-state index contributed by atoms with van der Waals surface area (Å²) in [4.78, 5) is 55.7. The number of hydrogen-bond acceptors (Lipinski definition) is 21. The van der Waals surface area contributed by atoms with Gasteiger partial charge in [-0.1, -0.05) is 123 Å². The van der Waals surface area contributed by atoms with Crippen molar-refractivity contribution in [1.82, 2.24) is 0 Å². The molecule has 0 unspecified atom stereocenters. The summed E-state index contributed by atoms with van der Waals surface area (Å²) in [5, 5.41) is -28.8. The number of hydrogen-bond donors (Lipinski definition) is 0. The number of carbonyl (C=O) groups is 4. The summed E-state index contributed by atoms with van der Waals surface area (Å²) in [7, 11) is -37.4. The Kier molecular flexibility index (Phi) is 33.3. The van der Waals surface area contributed by atoms with E-state index in [1.165, 1.54) is 34.9 Å². The Morgan fingerprint density at radius 2 is 0.602 bits per heavy atom. The Balaban J connectivity index is 0.000000295. The Morgan fingerprint density at radius 3 is 0.856 bits per heavy atom. The fourth-order valence-corrected chi connectivity index (χ4v) is 17.3. The highest BCUT2D eigenvalue weighted by molar-refractivity contribution is 8.13. The van der Waals surface area contributed by atoms with Crippen LogP contribution < -0.4 is 8.37 Å². The zero-order valence-electron chi connectivity index (χ0n) is 62.2. The fourth-order valence-electron chi connectivity index (χ4n) is 8.50. The van der Waals surface area contributed by atoms with Crippen LogP contribution in [0.4, 0.5) is 65.9 Å². The molecule has 8 rings (SSSR count). The molecule has 0 saturated heterocycles. The second-order valence-electron chi connectivity index (χ2n) is 25.3. The summed E-state index contributed by atoms with van der Waals surface area (Å²) in [6.07, 6.45) is 0.891. The van der Waals surface area contributed by atoms with Gasteiger partial charge in [0.05, 0.1) is 43.7 Å². The van der Waals surface area contributed by atoms with Gasteiger partial charge in [0, 0.05) is 0 Å². The average molecular weight is 1820 g/mol. The second kappa shape index (κ2) is 39.6. The SMILES string of the molecule is CCC(C)(C)C(=O)OCCOC(=O)c1ccc(OS(=O)(=O)C(F)(F)C(F)(F)C(F)(F)S(=O)(=O)[N-]S(=O)(=O)C(F)(F)F)cc1.CCC(C)(C)C(=O)OCCOC(=O)c1ccc(OS(=O)(=O)C(F)(F)C(F)(F)C(F)(F)S(=O)(=O)[O-])cc1.Cc1ccc([S+](c2ccccc2)c2ccccc2)cc1.c1ccc([S+](c2ccccc2)c2ccccc2)cc1. The van der Waals surface area contributed by atoms with Crippen molar-refractivity contribution in [2.45, 2.75) is 129 Å². The standard InChI is InChI=1S/C19H19F9NO11S3.C19H17S.C18H20F6O10S2.C18H15S/c1-4-15(2,3)14(31)39-10-9-38-13(30)11-5-7-12(8-6-11)40-43(36,37)18(24,25)16(20,21)17(22,23)41(32,33)29-42(34,35)19(26,27)28;1-16-12-14-19(15-13-16)20(17-8-4-2-5-9-17)18-10-6-3-7-11-18;1-4-15(2,3)14(26)33-10-9-32-13(25)11-5-7-12(8-6-11)34-36(30,31)18(23,24)16(19,20)17(21,22)35(27,28)29;1-4-10-16(11-5-1)19(17-12-6-2-7-13-17)18-14-8-3-9-15-18/h5-8H,4,9-10H2,1-3H3;2-15H,1H3;5-8H,4,9-10H2,1-3H3,(H,27,28,29);1-15H/q-1;+1;;+1/p-1.